The van der Waals surface area contributed by atoms with Crippen molar-refractivity contribution < 1.29 is 27.4 Å². The number of amides is 1. The predicted molar refractivity (Wildman–Crippen MR) is 102 cm³/mol. The van der Waals surface area contributed by atoms with E-state index in [1.807, 2.05) is 0 Å². The number of hydrogen-bond acceptors (Lipinski definition) is 6. The van der Waals surface area contributed by atoms with Crippen LogP contribution in [0.5, 0.6) is 5.75 Å². The molecule has 164 valence electrons. The van der Waals surface area contributed by atoms with Gasteiger partial charge in [-0.15, -0.1) is 13.2 Å². The van der Waals surface area contributed by atoms with Crippen molar-refractivity contribution >= 4 is 5.91 Å². The van der Waals surface area contributed by atoms with Crippen LogP contribution < -0.4 is 15.6 Å². The summed E-state index contributed by atoms with van der Waals surface area (Å²) >= 11 is 0. The molecule has 1 aromatic carbocycles. The van der Waals surface area contributed by atoms with Crippen LogP contribution in [0, 0.1) is 0 Å². The van der Waals surface area contributed by atoms with Gasteiger partial charge in [-0.2, -0.15) is 5.10 Å². The number of nitrogens with one attached hydrogen (secondary N) is 2. The van der Waals surface area contributed by atoms with Crippen molar-refractivity contribution in [2.24, 2.45) is 7.05 Å². The van der Waals surface area contributed by atoms with Crippen LogP contribution in [0.25, 0.3) is 11.4 Å². The van der Waals surface area contributed by atoms with Gasteiger partial charge in [-0.05, 0) is 17.7 Å². The molecular weight excluding hydrogens is 419 g/mol. The Balaban J connectivity index is 1.81. The second kappa shape index (κ2) is 9.00. The lowest BCUT2D eigenvalue weighted by Crippen LogP contribution is -2.33. The van der Waals surface area contributed by atoms with Crippen molar-refractivity contribution in [3.63, 3.8) is 0 Å². The number of carbonyl (C=O) groups is 1. The SMILES string of the molecule is COCC(NC(=O)c1cc(=O)[nH]c(-c2cnn(C)c2)n1)c1ccc(OC(F)(F)F)cc1. The highest BCUT2D eigenvalue weighted by atomic mass is 19.4. The lowest BCUT2D eigenvalue weighted by molar-refractivity contribution is -0.274. The number of alkyl halides is 3. The number of benzene rings is 1. The first-order chi connectivity index (χ1) is 14.6. The van der Waals surface area contributed by atoms with Gasteiger partial charge in [0.1, 0.15) is 17.3 Å². The number of H-pyrrole nitrogens is 1. The summed E-state index contributed by atoms with van der Waals surface area (Å²) in [5.41, 5.74) is 0.321. The molecule has 0 aliphatic heterocycles. The van der Waals surface area contributed by atoms with Crippen LogP contribution in [0.1, 0.15) is 22.1 Å². The maximum atomic E-state index is 12.7. The van der Waals surface area contributed by atoms with Gasteiger partial charge < -0.3 is 19.8 Å². The molecule has 3 rings (SSSR count). The summed E-state index contributed by atoms with van der Waals surface area (Å²) in [4.78, 5) is 31.4. The molecule has 0 radical (unpaired) electrons. The monoisotopic (exact) mass is 437 g/mol. The fraction of sp³-hybridized carbons (Fsp3) is 0.263. The molecule has 2 aromatic heterocycles. The topological polar surface area (TPSA) is 111 Å². The van der Waals surface area contributed by atoms with E-state index in [1.54, 1.807) is 13.2 Å². The lowest BCUT2D eigenvalue weighted by Gasteiger charge is -2.19. The molecule has 2 heterocycles. The van der Waals surface area contributed by atoms with Gasteiger partial charge in [-0.25, -0.2) is 4.98 Å². The number of halogens is 3. The first kappa shape index (κ1) is 22.0. The zero-order valence-electron chi connectivity index (χ0n) is 16.4. The summed E-state index contributed by atoms with van der Waals surface area (Å²) in [6.45, 7) is 0.0316. The molecule has 1 unspecified atom stereocenters. The first-order valence-corrected chi connectivity index (χ1v) is 8.90. The minimum atomic E-state index is -4.81. The van der Waals surface area contributed by atoms with E-state index < -0.39 is 29.6 Å². The van der Waals surface area contributed by atoms with Crippen molar-refractivity contribution in [1.29, 1.82) is 0 Å². The molecule has 12 heteroatoms. The predicted octanol–water partition coefficient (Wildman–Crippen LogP) is 2.19. The summed E-state index contributed by atoms with van der Waals surface area (Å²) in [6, 6.07) is 5.33. The second-order valence-electron chi connectivity index (χ2n) is 6.48. The molecule has 0 fully saturated rings. The van der Waals surface area contributed by atoms with Crippen LogP contribution in [0.15, 0.2) is 47.5 Å². The number of ether oxygens (including phenoxy) is 2. The summed E-state index contributed by atoms with van der Waals surface area (Å²) in [5, 5.41) is 6.66. The van der Waals surface area contributed by atoms with E-state index in [4.69, 9.17) is 4.74 Å². The van der Waals surface area contributed by atoms with Crippen molar-refractivity contribution in [1.82, 2.24) is 25.1 Å². The number of rotatable bonds is 7. The van der Waals surface area contributed by atoms with Gasteiger partial charge >= 0.3 is 6.36 Å². The Morgan fingerprint density at radius 2 is 2.00 bits per heavy atom. The fourth-order valence-corrected chi connectivity index (χ4v) is 2.78. The number of aromatic nitrogens is 4. The minimum Gasteiger partial charge on any atom is -0.406 e. The van der Waals surface area contributed by atoms with E-state index >= 15 is 0 Å². The number of aromatic amines is 1. The molecule has 0 aliphatic carbocycles. The largest absolute Gasteiger partial charge is 0.573 e. The van der Waals surface area contributed by atoms with Gasteiger partial charge in [-0.1, -0.05) is 12.1 Å². The average Bonchev–Trinajstić information content (AvgIpc) is 3.13. The Morgan fingerprint density at radius 3 is 2.58 bits per heavy atom. The molecule has 1 amide bonds. The fourth-order valence-electron chi connectivity index (χ4n) is 2.78. The standard InChI is InChI=1S/C19H18F3N5O4/c1-27-9-12(8-23-27)17-24-14(7-16(28)26-17)18(29)25-15(10-30-2)11-3-5-13(6-4-11)31-19(20,21)22/h3-9,15H,10H2,1-2H3,(H,25,29)(H,24,26,28). The molecule has 0 aliphatic rings. The van der Waals surface area contributed by atoms with Gasteiger partial charge in [0, 0.05) is 26.4 Å². The van der Waals surface area contributed by atoms with Crippen LogP contribution in [0.3, 0.4) is 0 Å². The van der Waals surface area contributed by atoms with E-state index in [9.17, 15) is 22.8 Å². The molecule has 1 atom stereocenters. The van der Waals surface area contributed by atoms with E-state index in [1.165, 1.54) is 30.1 Å². The smallest absolute Gasteiger partial charge is 0.406 e. The third-order valence-electron chi connectivity index (χ3n) is 4.11. The van der Waals surface area contributed by atoms with Gasteiger partial charge in [0.25, 0.3) is 11.5 Å². The van der Waals surface area contributed by atoms with Crippen molar-refractivity contribution in [2.75, 3.05) is 13.7 Å². The van der Waals surface area contributed by atoms with Crippen LogP contribution in [0.4, 0.5) is 13.2 Å². The number of methoxy groups -OCH3 is 1. The highest BCUT2D eigenvalue weighted by Crippen LogP contribution is 2.24. The van der Waals surface area contributed by atoms with Gasteiger partial charge in [0.15, 0.2) is 0 Å². The van der Waals surface area contributed by atoms with E-state index in [0.29, 0.717) is 11.1 Å². The summed E-state index contributed by atoms with van der Waals surface area (Å²) in [6.07, 6.45) is -1.70. The zero-order valence-corrected chi connectivity index (χ0v) is 16.4. The summed E-state index contributed by atoms with van der Waals surface area (Å²) in [5.74, 6) is -0.882. The summed E-state index contributed by atoms with van der Waals surface area (Å²) < 4.78 is 47.5. The van der Waals surface area contributed by atoms with Crippen LogP contribution >= 0.6 is 0 Å². The van der Waals surface area contributed by atoms with Gasteiger partial charge in [0.05, 0.1) is 24.4 Å². The average molecular weight is 437 g/mol. The lowest BCUT2D eigenvalue weighted by atomic mass is 10.1. The zero-order chi connectivity index (χ0) is 22.6. The molecule has 2 N–H and O–H groups in total. The second-order valence-corrected chi connectivity index (χ2v) is 6.48. The maximum absolute atomic E-state index is 12.7. The molecule has 0 saturated heterocycles. The molecule has 9 nitrogen and oxygen atoms in total. The molecule has 0 saturated carbocycles. The Morgan fingerprint density at radius 1 is 1.29 bits per heavy atom. The highest BCUT2D eigenvalue weighted by Gasteiger charge is 2.31. The Kier molecular flexibility index (Phi) is 6.39. The molecular formula is C19H18F3N5O4. The quantitative estimate of drug-likeness (QED) is 0.586. The Hall–Kier alpha value is -3.67. The van der Waals surface area contributed by atoms with Crippen molar-refractivity contribution in [3.8, 4) is 17.1 Å². The van der Waals surface area contributed by atoms with Gasteiger partial charge in [-0.3, -0.25) is 14.3 Å². The number of hydrogen-bond donors (Lipinski definition) is 2. The van der Waals surface area contributed by atoms with Gasteiger partial charge in [0.2, 0.25) is 0 Å². The third-order valence-corrected chi connectivity index (χ3v) is 4.11. The Bertz CT molecular complexity index is 1110. The Labute approximate surface area is 173 Å². The summed E-state index contributed by atoms with van der Waals surface area (Å²) in [7, 11) is 3.10. The minimum absolute atomic E-state index is 0.0316. The van der Waals surface area contributed by atoms with E-state index in [-0.39, 0.29) is 18.1 Å². The van der Waals surface area contributed by atoms with Crippen LogP contribution in [-0.2, 0) is 11.8 Å². The number of aryl methyl sites for hydroxylation is 1. The number of nitrogens with zero attached hydrogens (tertiary/aromatic N) is 3. The van der Waals surface area contributed by atoms with Crippen molar-refractivity contribution in [3.05, 3.63) is 64.3 Å². The first-order valence-electron chi connectivity index (χ1n) is 8.90. The van der Waals surface area contributed by atoms with Crippen molar-refractivity contribution in [2.45, 2.75) is 12.4 Å². The highest BCUT2D eigenvalue weighted by molar-refractivity contribution is 5.92. The molecule has 0 bridgehead atoms. The van der Waals surface area contributed by atoms with Crippen LogP contribution in [-0.4, -0.2) is 45.7 Å². The maximum Gasteiger partial charge on any atom is 0.573 e. The van der Waals surface area contributed by atoms with Crippen LogP contribution in [0.2, 0.25) is 0 Å². The van der Waals surface area contributed by atoms with E-state index in [2.05, 4.69) is 25.1 Å². The molecule has 3 aromatic rings. The third kappa shape index (κ3) is 5.92. The van der Waals surface area contributed by atoms with E-state index in [0.717, 1.165) is 18.2 Å². The normalized spacial score (nSPS) is 12.4. The molecule has 31 heavy (non-hydrogen) atoms. The molecule has 0 spiro atoms. The number of carbonyl (C=O) groups excluding carboxylic acids is 1.